The summed E-state index contributed by atoms with van der Waals surface area (Å²) in [6.07, 6.45) is 5.74. The molecule has 106 valence electrons. The van der Waals surface area contributed by atoms with Gasteiger partial charge in [0.2, 0.25) is 0 Å². The summed E-state index contributed by atoms with van der Waals surface area (Å²) in [5.74, 6) is 2.71. The van der Waals surface area contributed by atoms with Gasteiger partial charge < -0.3 is 14.5 Å². The van der Waals surface area contributed by atoms with Crippen LogP contribution in [0, 0.1) is 0 Å². The largest absolute Gasteiger partial charge is 0.378 e. The fourth-order valence-corrected chi connectivity index (χ4v) is 2.39. The van der Waals surface area contributed by atoms with Crippen LogP contribution in [0.15, 0.2) is 29.2 Å². The van der Waals surface area contributed by atoms with E-state index in [1.807, 2.05) is 26.2 Å². The van der Waals surface area contributed by atoms with Crippen LogP contribution in [0.5, 0.6) is 0 Å². The van der Waals surface area contributed by atoms with Crippen LogP contribution >= 0.6 is 0 Å². The van der Waals surface area contributed by atoms with Gasteiger partial charge in [0.05, 0.1) is 25.6 Å². The number of nitrogens with zero attached hydrogens (tertiary/aromatic N) is 5. The lowest BCUT2D eigenvalue weighted by molar-refractivity contribution is 0.122. The molecule has 1 saturated heterocycles. The average molecular weight is 273 g/mol. The van der Waals surface area contributed by atoms with Crippen molar-refractivity contribution in [1.82, 2.24) is 9.97 Å². The van der Waals surface area contributed by atoms with E-state index in [4.69, 9.17) is 4.74 Å². The molecule has 2 aliphatic heterocycles. The van der Waals surface area contributed by atoms with Gasteiger partial charge in [-0.15, -0.1) is 0 Å². The maximum atomic E-state index is 5.34. The predicted molar refractivity (Wildman–Crippen MR) is 79.3 cm³/mol. The van der Waals surface area contributed by atoms with Crippen molar-refractivity contribution in [1.29, 1.82) is 0 Å². The molecule has 0 aliphatic carbocycles. The second-order valence-electron chi connectivity index (χ2n) is 4.95. The molecule has 0 spiro atoms. The van der Waals surface area contributed by atoms with Crippen molar-refractivity contribution < 1.29 is 4.74 Å². The van der Waals surface area contributed by atoms with Gasteiger partial charge in [-0.1, -0.05) is 0 Å². The molecule has 3 rings (SSSR count). The summed E-state index contributed by atoms with van der Waals surface area (Å²) in [5.41, 5.74) is 1.05. The first kappa shape index (κ1) is 13.1. The average Bonchev–Trinajstić information content (AvgIpc) is 2.48. The van der Waals surface area contributed by atoms with Crippen LogP contribution in [0.2, 0.25) is 0 Å². The molecule has 0 bridgehead atoms. The molecule has 3 heterocycles. The molecule has 0 N–H and O–H groups in total. The van der Waals surface area contributed by atoms with Crippen LogP contribution in [-0.4, -0.2) is 48.7 Å². The number of allylic oxidation sites excluding steroid dienone is 1. The SMILES string of the molecule is CC1=CCN(c2cnc(N3CCOCC3)cn2)C(C)=N1. The Labute approximate surface area is 118 Å². The van der Waals surface area contributed by atoms with Gasteiger partial charge in [-0.2, -0.15) is 0 Å². The summed E-state index contributed by atoms with van der Waals surface area (Å²) < 4.78 is 5.34. The Morgan fingerprint density at radius 3 is 2.40 bits per heavy atom. The first-order valence-corrected chi connectivity index (χ1v) is 6.88. The number of morpholine rings is 1. The molecule has 20 heavy (non-hydrogen) atoms. The van der Waals surface area contributed by atoms with Gasteiger partial charge in [0, 0.05) is 25.3 Å². The van der Waals surface area contributed by atoms with Crippen LogP contribution in [0.1, 0.15) is 13.8 Å². The zero-order chi connectivity index (χ0) is 13.9. The molecule has 0 atom stereocenters. The van der Waals surface area contributed by atoms with Gasteiger partial charge in [0.15, 0.2) is 5.82 Å². The topological polar surface area (TPSA) is 53.9 Å². The van der Waals surface area contributed by atoms with E-state index in [9.17, 15) is 0 Å². The Balaban J connectivity index is 1.75. The summed E-state index contributed by atoms with van der Waals surface area (Å²) >= 11 is 0. The molecule has 1 aromatic rings. The number of hydrogen-bond acceptors (Lipinski definition) is 6. The highest BCUT2D eigenvalue weighted by Gasteiger charge is 2.16. The van der Waals surface area contributed by atoms with Crippen molar-refractivity contribution in [2.24, 2.45) is 4.99 Å². The van der Waals surface area contributed by atoms with Crippen LogP contribution in [0.25, 0.3) is 0 Å². The fraction of sp³-hybridized carbons (Fsp3) is 0.500. The van der Waals surface area contributed by atoms with Crippen LogP contribution in [0.3, 0.4) is 0 Å². The minimum absolute atomic E-state index is 0.755. The highest BCUT2D eigenvalue weighted by molar-refractivity contribution is 5.96. The number of aliphatic imine (C=N–C) groups is 1. The summed E-state index contributed by atoms with van der Waals surface area (Å²) in [7, 11) is 0. The van der Waals surface area contributed by atoms with Crippen molar-refractivity contribution >= 4 is 17.5 Å². The number of ether oxygens (including phenoxy) is 1. The van der Waals surface area contributed by atoms with Gasteiger partial charge in [-0.05, 0) is 19.9 Å². The first-order valence-electron chi connectivity index (χ1n) is 6.88. The third-order valence-electron chi connectivity index (χ3n) is 3.53. The lowest BCUT2D eigenvalue weighted by atomic mass is 10.3. The number of aromatic nitrogens is 2. The first-order chi connectivity index (χ1) is 9.74. The number of hydrogen-bond donors (Lipinski definition) is 0. The molecule has 0 amide bonds. The van der Waals surface area contributed by atoms with Crippen LogP contribution in [-0.2, 0) is 4.74 Å². The highest BCUT2D eigenvalue weighted by Crippen LogP contribution is 2.18. The van der Waals surface area contributed by atoms with E-state index in [0.717, 1.165) is 56.0 Å². The monoisotopic (exact) mass is 273 g/mol. The molecular weight excluding hydrogens is 254 g/mol. The second-order valence-corrected chi connectivity index (χ2v) is 4.95. The minimum Gasteiger partial charge on any atom is -0.378 e. The summed E-state index contributed by atoms with van der Waals surface area (Å²) in [6.45, 7) is 8.06. The molecule has 2 aliphatic rings. The molecular formula is C14H19N5O. The van der Waals surface area contributed by atoms with Crippen molar-refractivity contribution in [3.05, 3.63) is 24.2 Å². The number of rotatable bonds is 2. The lowest BCUT2D eigenvalue weighted by Gasteiger charge is -2.28. The summed E-state index contributed by atoms with van der Waals surface area (Å²) in [4.78, 5) is 17.8. The molecule has 0 radical (unpaired) electrons. The molecule has 0 unspecified atom stereocenters. The maximum absolute atomic E-state index is 5.34. The van der Waals surface area contributed by atoms with E-state index in [1.54, 1.807) is 0 Å². The van der Waals surface area contributed by atoms with Gasteiger partial charge in [0.1, 0.15) is 11.7 Å². The molecule has 6 nitrogen and oxygen atoms in total. The van der Waals surface area contributed by atoms with Crippen LogP contribution in [0.4, 0.5) is 11.6 Å². The van der Waals surface area contributed by atoms with E-state index in [0.29, 0.717) is 0 Å². The van der Waals surface area contributed by atoms with Crippen molar-refractivity contribution in [2.75, 3.05) is 42.6 Å². The molecule has 0 saturated carbocycles. The van der Waals surface area contributed by atoms with Gasteiger partial charge in [-0.3, -0.25) is 0 Å². The smallest absolute Gasteiger partial charge is 0.152 e. The standard InChI is InChI=1S/C14H19N5O/c1-11-3-4-19(12(2)17-11)14-10-15-13(9-16-14)18-5-7-20-8-6-18/h3,9-10H,4-8H2,1-2H3. The van der Waals surface area contributed by atoms with E-state index >= 15 is 0 Å². The summed E-state index contributed by atoms with van der Waals surface area (Å²) in [6, 6.07) is 0. The predicted octanol–water partition coefficient (Wildman–Crippen LogP) is 1.46. The van der Waals surface area contributed by atoms with Gasteiger partial charge in [-0.25, -0.2) is 15.0 Å². The fourth-order valence-electron chi connectivity index (χ4n) is 2.39. The Morgan fingerprint density at radius 1 is 1.05 bits per heavy atom. The van der Waals surface area contributed by atoms with Crippen molar-refractivity contribution in [3.8, 4) is 0 Å². The third-order valence-corrected chi connectivity index (χ3v) is 3.53. The molecule has 6 heteroatoms. The van der Waals surface area contributed by atoms with E-state index in [-0.39, 0.29) is 0 Å². The van der Waals surface area contributed by atoms with Gasteiger partial charge >= 0.3 is 0 Å². The Hall–Kier alpha value is -1.95. The zero-order valence-electron chi connectivity index (χ0n) is 11.9. The third kappa shape index (κ3) is 2.65. The Bertz CT molecular complexity index is 531. The molecule has 0 aromatic carbocycles. The van der Waals surface area contributed by atoms with Crippen LogP contribution < -0.4 is 9.80 Å². The normalized spacial score (nSPS) is 19.7. The highest BCUT2D eigenvalue weighted by atomic mass is 16.5. The zero-order valence-corrected chi connectivity index (χ0v) is 11.9. The van der Waals surface area contributed by atoms with Gasteiger partial charge in [0.25, 0.3) is 0 Å². The van der Waals surface area contributed by atoms with E-state index in [1.165, 1.54) is 0 Å². The van der Waals surface area contributed by atoms with E-state index < -0.39 is 0 Å². The Kier molecular flexibility index (Phi) is 3.64. The summed E-state index contributed by atoms with van der Waals surface area (Å²) in [5, 5.41) is 0. The van der Waals surface area contributed by atoms with Crippen molar-refractivity contribution in [3.63, 3.8) is 0 Å². The second kappa shape index (κ2) is 5.58. The molecule has 1 fully saturated rings. The minimum atomic E-state index is 0.755. The van der Waals surface area contributed by atoms with E-state index in [2.05, 4.69) is 30.8 Å². The molecule has 1 aromatic heterocycles. The van der Waals surface area contributed by atoms with Crippen molar-refractivity contribution in [2.45, 2.75) is 13.8 Å². The maximum Gasteiger partial charge on any atom is 0.152 e. The lowest BCUT2D eigenvalue weighted by Crippen LogP contribution is -2.37. The quantitative estimate of drug-likeness (QED) is 0.816. The Morgan fingerprint density at radius 2 is 1.75 bits per heavy atom. The number of amidine groups is 1. The number of anilines is 2.